The molecule has 8 heteroatoms. The van der Waals surface area contributed by atoms with Crippen LogP contribution in [0.25, 0.3) is 0 Å². The molecular weight excluding hydrogens is 434 g/mol. The second-order valence-electron chi connectivity index (χ2n) is 9.22. The molecule has 1 aromatic carbocycles. The number of carbonyl (C=O) groups is 2. The fourth-order valence-corrected chi connectivity index (χ4v) is 5.19. The van der Waals surface area contributed by atoms with Crippen LogP contribution >= 0.6 is 22.9 Å². The van der Waals surface area contributed by atoms with E-state index in [0.717, 1.165) is 11.4 Å². The first-order chi connectivity index (χ1) is 14.6. The molecule has 0 bridgehead atoms. The fraction of sp³-hybridized carbons (Fsp3) is 0.522. The Balaban J connectivity index is 1.70. The summed E-state index contributed by atoms with van der Waals surface area (Å²) in [5.41, 5.74) is 1.69. The van der Waals surface area contributed by atoms with E-state index in [9.17, 15) is 9.59 Å². The first-order valence-corrected chi connectivity index (χ1v) is 11.8. The Kier molecular flexibility index (Phi) is 7.27. The molecule has 2 atom stereocenters. The summed E-state index contributed by atoms with van der Waals surface area (Å²) in [6.45, 7) is 9.81. The number of aromatic nitrogens is 1. The third kappa shape index (κ3) is 5.77. The second-order valence-corrected chi connectivity index (χ2v) is 10.5. The van der Waals surface area contributed by atoms with Gasteiger partial charge in [0.25, 0.3) is 0 Å². The van der Waals surface area contributed by atoms with Gasteiger partial charge in [-0.15, -0.1) is 11.3 Å². The number of hydrogen-bond donors (Lipinski definition) is 2. The van der Waals surface area contributed by atoms with E-state index in [0.29, 0.717) is 29.8 Å². The number of likely N-dealkylation sites (tertiary alicyclic amines) is 1. The quantitative estimate of drug-likeness (QED) is 0.610. The monoisotopic (exact) mass is 463 g/mol. The third-order valence-electron chi connectivity index (χ3n) is 5.91. The van der Waals surface area contributed by atoms with Crippen molar-refractivity contribution < 1.29 is 14.7 Å². The predicted molar refractivity (Wildman–Crippen MR) is 125 cm³/mol. The predicted octanol–water partition coefficient (Wildman–Crippen LogP) is 4.90. The SMILES string of the molecule is CC(C)[C@@H](Nc1nc(CC(=O)O)cs1)C(=O)N1CCC(c2ccc(Cl)cc2)C(C)(C)C1. The topological polar surface area (TPSA) is 82.5 Å². The zero-order valence-corrected chi connectivity index (χ0v) is 20.0. The molecule has 0 radical (unpaired) electrons. The maximum atomic E-state index is 13.4. The number of carbonyl (C=O) groups excluding carboxylic acids is 1. The van der Waals surface area contributed by atoms with Gasteiger partial charge in [-0.25, -0.2) is 4.98 Å². The molecule has 1 aliphatic heterocycles. The highest BCUT2D eigenvalue weighted by Gasteiger charge is 2.40. The number of hydrogen-bond acceptors (Lipinski definition) is 5. The van der Waals surface area contributed by atoms with Crippen LogP contribution in [0, 0.1) is 11.3 Å². The van der Waals surface area contributed by atoms with Crippen LogP contribution in [0.15, 0.2) is 29.6 Å². The summed E-state index contributed by atoms with van der Waals surface area (Å²) < 4.78 is 0. The normalized spacial score (nSPS) is 19.3. The largest absolute Gasteiger partial charge is 0.481 e. The van der Waals surface area contributed by atoms with E-state index in [-0.39, 0.29) is 23.7 Å². The van der Waals surface area contributed by atoms with Gasteiger partial charge in [-0.05, 0) is 41.4 Å². The number of thiazole rings is 1. The molecule has 0 spiro atoms. The molecule has 0 saturated carbocycles. The van der Waals surface area contributed by atoms with Crippen molar-refractivity contribution >= 4 is 39.9 Å². The Labute approximate surface area is 192 Å². The summed E-state index contributed by atoms with van der Waals surface area (Å²) in [6, 6.07) is 7.61. The van der Waals surface area contributed by atoms with Crippen LogP contribution in [0.1, 0.15) is 51.3 Å². The summed E-state index contributed by atoms with van der Waals surface area (Å²) >= 11 is 7.38. The number of carboxylic acid groups (broad SMARTS) is 1. The van der Waals surface area contributed by atoms with Gasteiger partial charge in [0.15, 0.2) is 5.13 Å². The Morgan fingerprint density at radius 2 is 2.00 bits per heavy atom. The Hall–Kier alpha value is -2.12. The highest BCUT2D eigenvalue weighted by atomic mass is 35.5. The maximum Gasteiger partial charge on any atom is 0.309 e. The van der Waals surface area contributed by atoms with Gasteiger partial charge >= 0.3 is 5.97 Å². The first kappa shape index (κ1) is 23.5. The van der Waals surface area contributed by atoms with Crippen molar-refractivity contribution in [2.24, 2.45) is 11.3 Å². The molecule has 31 heavy (non-hydrogen) atoms. The number of aliphatic carboxylic acids is 1. The number of anilines is 1. The highest BCUT2D eigenvalue weighted by molar-refractivity contribution is 7.13. The maximum absolute atomic E-state index is 13.4. The lowest BCUT2D eigenvalue weighted by molar-refractivity contribution is -0.137. The molecule has 2 N–H and O–H groups in total. The first-order valence-electron chi connectivity index (χ1n) is 10.5. The number of nitrogens with zero attached hydrogens (tertiary/aromatic N) is 2. The number of amides is 1. The van der Waals surface area contributed by atoms with Gasteiger partial charge in [0.05, 0.1) is 12.1 Å². The standard InChI is InChI=1S/C23H30ClN3O3S/c1-14(2)20(26-22-25-17(12-31-22)11-19(28)29)21(30)27-10-9-18(23(3,4)13-27)15-5-7-16(24)8-6-15/h5-8,12,14,18,20H,9-11,13H2,1-4H3,(H,25,26)(H,28,29)/t18?,20-/m1/s1. The van der Waals surface area contributed by atoms with Gasteiger partial charge in [0.1, 0.15) is 6.04 Å². The molecule has 2 aromatic rings. The minimum absolute atomic E-state index is 0.0626. The molecule has 0 aliphatic carbocycles. The van der Waals surface area contributed by atoms with Gasteiger partial charge in [0.2, 0.25) is 5.91 Å². The lowest BCUT2D eigenvalue weighted by Crippen LogP contribution is -2.53. The second kappa shape index (κ2) is 9.57. The summed E-state index contributed by atoms with van der Waals surface area (Å²) in [6.07, 6.45) is 0.774. The average molecular weight is 464 g/mol. The Morgan fingerprint density at radius 1 is 1.32 bits per heavy atom. The molecule has 1 fully saturated rings. The molecule has 1 saturated heterocycles. The van der Waals surface area contributed by atoms with Crippen LogP contribution < -0.4 is 5.32 Å². The molecule has 1 aromatic heterocycles. The Morgan fingerprint density at radius 3 is 2.58 bits per heavy atom. The van der Waals surface area contributed by atoms with Crippen LogP contribution in [0.3, 0.4) is 0 Å². The minimum Gasteiger partial charge on any atom is -0.481 e. The van der Waals surface area contributed by atoms with E-state index >= 15 is 0 Å². The molecular formula is C23H30ClN3O3S. The molecule has 1 aliphatic rings. The molecule has 3 rings (SSSR count). The van der Waals surface area contributed by atoms with E-state index in [1.54, 1.807) is 5.38 Å². The summed E-state index contributed by atoms with van der Waals surface area (Å²) in [5, 5.41) is 15.2. The van der Waals surface area contributed by atoms with Crippen molar-refractivity contribution in [1.29, 1.82) is 0 Å². The Bertz CT molecular complexity index is 926. The van der Waals surface area contributed by atoms with Crippen LogP contribution in [-0.4, -0.2) is 46.0 Å². The van der Waals surface area contributed by atoms with E-state index in [2.05, 4.69) is 36.3 Å². The number of rotatable bonds is 7. The number of carboxylic acids is 1. The summed E-state index contributed by atoms with van der Waals surface area (Å²) in [4.78, 5) is 30.6. The lowest BCUT2D eigenvalue weighted by Gasteiger charge is -2.45. The van der Waals surface area contributed by atoms with Crippen LogP contribution in [0.4, 0.5) is 5.13 Å². The molecule has 1 unspecified atom stereocenters. The molecule has 2 heterocycles. The highest BCUT2D eigenvalue weighted by Crippen LogP contribution is 2.42. The van der Waals surface area contributed by atoms with Gasteiger partial charge < -0.3 is 15.3 Å². The fourth-order valence-electron chi connectivity index (χ4n) is 4.31. The van der Waals surface area contributed by atoms with E-state index in [1.807, 2.05) is 30.9 Å². The van der Waals surface area contributed by atoms with E-state index in [4.69, 9.17) is 16.7 Å². The summed E-state index contributed by atoms with van der Waals surface area (Å²) in [7, 11) is 0. The van der Waals surface area contributed by atoms with Gasteiger partial charge in [-0.3, -0.25) is 9.59 Å². The van der Waals surface area contributed by atoms with E-state index in [1.165, 1.54) is 16.9 Å². The van der Waals surface area contributed by atoms with Crippen molar-refractivity contribution in [2.75, 3.05) is 18.4 Å². The third-order valence-corrected chi connectivity index (χ3v) is 6.98. The van der Waals surface area contributed by atoms with Crippen molar-refractivity contribution in [3.05, 3.63) is 45.9 Å². The smallest absolute Gasteiger partial charge is 0.309 e. The van der Waals surface area contributed by atoms with Gasteiger partial charge in [-0.1, -0.05) is 51.4 Å². The minimum atomic E-state index is -0.917. The van der Waals surface area contributed by atoms with Gasteiger partial charge in [0, 0.05) is 23.5 Å². The van der Waals surface area contributed by atoms with Crippen molar-refractivity contribution in [3.8, 4) is 0 Å². The zero-order valence-electron chi connectivity index (χ0n) is 18.4. The summed E-state index contributed by atoms with van der Waals surface area (Å²) in [5.74, 6) is -0.431. The zero-order chi connectivity index (χ0) is 22.8. The number of benzene rings is 1. The molecule has 6 nitrogen and oxygen atoms in total. The van der Waals surface area contributed by atoms with Gasteiger partial charge in [-0.2, -0.15) is 0 Å². The number of nitrogens with one attached hydrogen (secondary N) is 1. The van der Waals surface area contributed by atoms with Crippen molar-refractivity contribution in [3.63, 3.8) is 0 Å². The van der Waals surface area contributed by atoms with Crippen LogP contribution in [0.5, 0.6) is 0 Å². The van der Waals surface area contributed by atoms with Crippen molar-refractivity contribution in [1.82, 2.24) is 9.88 Å². The molecule has 168 valence electrons. The number of halogens is 1. The lowest BCUT2D eigenvalue weighted by atomic mass is 9.70. The average Bonchev–Trinajstić information content (AvgIpc) is 3.12. The van der Waals surface area contributed by atoms with Crippen LogP contribution in [0.2, 0.25) is 5.02 Å². The van der Waals surface area contributed by atoms with Crippen LogP contribution in [-0.2, 0) is 16.0 Å². The molecule has 1 amide bonds. The van der Waals surface area contributed by atoms with E-state index < -0.39 is 12.0 Å². The van der Waals surface area contributed by atoms with Crippen molar-refractivity contribution in [2.45, 2.75) is 52.5 Å². The number of piperidine rings is 1.